The predicted octanol–water partition coefficient (Wildman–Crippen LogP) is 0.795. The summed E-state index contributed by atoms with van der Waals surface area (Å²) in [6, 6.07) is 4.00. The Bertz CT molecular complexity index is 267. The third-order valence-corrected chi connectivity index (χ3v) is 1.36. The Morgan fingerprint density at radius 2 is 2.50 bits per heavy atom. The molecule has 0 atom stereocenters. The fraction of sp³-hybridized carbons (Fsp3) is 0.429. The van der Waals surface area contributed by atoms with E-state index in [1.54, 1.807) is 4.68 Å². The van der Waals surface area contributed by atoms with Crippen molar-refractivity contribution in [1.82, 2.24) is 9.78 Å². The van der Waals surface area contributed by atoms with Gasteiger partial charge in [-0.15, -0.1) is 0 Å². The second-order valence-electron chi connectivity index (χ2n) is 2.24. The summed E-state index contributed by atoms with van der Waals surface area (Å²) in [5.74, 6) is 0. The molecule has 0 saturated heterocycles. The second kappa shape index (κ2) is 2.53. The molecule has 0 aromatic carbocycles. The van der Waals surface area contributed by atoms with Gasteiger partial charge in [-0.05, 0) is 13.0 Å². The molecule has 52 valence electrons. The Balaban J connectivity index is 2.94. The predicted molar refractivity (Wildman–Crippen MR) is 37.3 cm³/mol. The number of nitriles is 1. The molecule has 1 rings (SSSR count). The van der Waals surface area contributed by atoms with Crippen molar-refractivity contribution in [2.75, 3.05) is 0 Å². The lowest BCUT2D eigenvalue weighted by molar-refractivity contribution is 0.721. The molecule has 0 N–H and O–H groups in total. The van der Waals surface area contributed by atoms with E-state index in [1.807, 2.05) is 20.0 Å². The highest BCUT2D eigenvalue weighted by molar-refractivity contribution is 5.11. The first-order valence-electron chi connectivity index (χ1n) is 3.10. The van der Waals surface area contributed by atoms with Gasteiger partial charge in [0.25, 0.3) is 0 Å². The van der Waals surface area contributed by atoms with Crippen LogP contribution in [0.25, 0.3) is 0 Å². The molecular weight excluding hydrogens is 126 g/mol. The minimum absolute atomic E-state index is 0.442. The third kappa shape index (κ3) is 1.16. The average Bonchev–Trinajstić information content (AvgIpc) is 2.13. The molecular formula is C7H9N3. The van der Waals surface area contributed by atoms with Crippen LogP contribution in [0.3, 0.4) is 0 Å². The second-order valence-corrected chi connectivity index (χ2v) is 2.24. The molecule has 1 heterocycles. The normalized spacial score (nSPS) is 9.30. The first kappa shape index (κ1) is 6.81. The Hall–Kier alpha value is -1.30. The molecule has 0 amide bonds. The molecule has 3 nitrogen and oxygen atoms in total. The van der Waals surface area contributed by atoms with Crippen LogP contribution in [0.15, 0.2) is 6.07 Å². The zero-order chi connectivity index (χ0) is 7.56. The summed E-state index contributed by atoms with van der Waals surface area (Å²) in [7, 11) is 1.85. The van der Waals surface area contributed by atoms with Gasteiger partial charge in [-0.3, -0.25) is 4.68 Å². The van der Waals surface area contributed by atoms with Crippen LogP contribution in [-0.2, 0) is 13.5 Å². The number of hydrogen-bond acceptors (Lipinski definition) is 2. The van der Waals surface area contributed by atoms with Crippen LogP contribution >= 0.6 is 0 Å². The largest absolute Gasteiger partial charge is 0.271 e. The third-order valence-electron chi connectivity index (χ3n) is 1.36. The van der Waals surface area contributed by atoms with E-state index in [1.165, 1.54) is 0 Å². The molecule has 0 aliphatic heterocycles. The van der Waals surface area contributed by atoms with Crippen molar-refractivity contribution in [2.24, 2.45) is 7.05 Å². The zero-order valence-corrected chi connectivity index (χ0v) is 6.13. The average molecular weight is 135 g/mol. The van der Waals surface area contributed by atoms with Gasteiger partial charge in [0, 0.05) is 7.05 Å². The van der Waals surface area contributed by atoms with Crippen LogP contribution in [0.5, 0.6) is 0 Å². The topological polar surface area (TPSA) is 41.6 Å². The van der Waals surface area contributed by atoms with Gasteiger partial charge in [0.2, 0.25) is 0 Å². The number of nitrogens with zero attached hydrogens (tertiary/aromatic N) is 3. The molecule has 1 aromatic heterocycles. The van der Waals surface area contributed by atoms with E-state index in [0.29, 0.717) is 6.42 Å². The SMILES string of the molecule is Cc1cc(CC#N)n(C)n1. The van der Waals surface area contributed by atoms with Gasteiger partial charge in [-0.2, -0.15) is 10.4 Å². The summed E-state index contributed by atoms with van der Waals surface area (Å²) in [6.45, 7) is 1.92. The van der Waals surface area contributed by atoms with Crippen molar-refractivity contribution in [3.05, 3.63) is 17.5 Å². The van der Waals surface area contributed by atoms with Crippen molar-refractivity contribution in [3.8, 4) is 6.07 Å². The van der Waals surface area contributed by atoms with Crippen LogP contribution in [0.1, 0.15) is 11.4 Å². The summed E-state index contributed by atoms with van der Waals surface area (Å²) in [5.41, 5.74) is 1.94. The molecule has 1 aromatic rings. The van der Waals surface area contributed by atoms with Crippen LogP contribution in [0.2, 0.25) is 0 Å². The van der Waals surface area contributed by atoms with E-state index in [9.17, 15) is 0 Å². The lowest BCUT2D eigenvalue weighted by atomic mass is 10.3. The number of aryl methyl sites for hydroxylation is 2. The molecule has 0 radical (unpaired) electrons. The highest BCUT2D eigenvalue weighted by Crippen LogP contribution is 2.00. The highest BCUT2D eigenvalue weighted by Gasteiger charge is 1.98. The molecule has 0 bridgehead atoms. The Kier molecular flexibility index (Phi) is 1.72. The van der Waals surface area contributed by atoms with Crippen LogP contribution in [-0.4, -0.2) is 9.78 Å². The van der Waals surface area contributed by atoms with E-state index in [0.717, 1.165) is 11.4 Å². The highest BCUT2D eigenvalue weighted by atomic mass is 15.3. The Labute approximate surface area is 59.9 Å². The molecule has 0 aliphatic carbocycles. The van der Waals surface area contributed by atoms with Crippen molar-refractivity contribution in [2.45, 2.75) is 13.3 Å². The molecule has 0 unspecified atom stereocenters. The molecule has 0 saturated carbocycles. The lowest BCUT2D eigenvalue weighted by Crippen LogP contribution is -1.96. The standard InChI is InChI=1S/C7H9N3/c1-6-5-7(3-4-8)10(2)9-6/h5H,3H2,1-2H3. The van der Waals surface area contributed by atoms with E-state index < -0.39 is 0 Å². The van der Waals surface area contributed by atoms with Crippen LogP contribution < -0.4 is 0 Å². The summed E-state index contributed by atoms with van der Waals surface area (Å²) < 4.78 is 1.73. The van der Waals surface area contributed by atoms with E-state index >= 15 is 0 Å². The molecule has 3 heteroatoms. The number of rotatable bonds is 1. The maximum absolute atomic E-state index is 8.36. The van der Waals surface area contributed by atoms with Crippen molar-refractivity contribution in [3.63, 3.8) is 0 Å². The van der Waals surface area contributed by atoms with E-state index in [-0.39, 0.29) is 0 Å². The maximum Gasteiger partial charge on any atom is 0.0771 e. The lowest BCUT2D eigenvalue weighted by Gasteiger charge is -1.91. The smallest absolute Gasteiger partial charge is 0.0771 e. The Morgan fingerprint density at radius 3 is 2.90 bits per heavy atom. The van der Waals surface area contributed by atoms with Gasteiger partial charge in [0.1, 0.15) is 0 Å². The summed E-state index contributed by atoms with van der Waals surface area (Å²) >= 11 is 0. The summed E-state index contributed by atoms with van der Waals surface area (Å²) in [4.78, 5) is 0. The quantitative estimate of drug-likeness (QED) is 0.571. The van der Waals surface area contributed by atoms with Crippen LogP contribution in [0, 0.1) is 18.3 Å². The van der Waals surface area contributed by atoms with Crippen molar-refractivity contribution in [1.29, 1.82) is 5.26 Å². The van der Waals surface area contributed by atoms with Gasteiger partial charge in [0.05, 0.1) is 23.9 Å². The van der Waals surface area contributed by atoms with E-state index in [2.05, 4.69) is 11.2 Å². The number of aromatic nitrogens is 2. The van der Waals surface area contributed by atoms with Crippen molar-refractivity contribution >= 4 is 0 Å². The zero-order valence-electron chi connectivity index (χ0n) is 6.13. The van der Waals surface area contributed by atoms with E-state index in [4.69, 9.17) is 5.26 Å². The first-order valence-corrected chi connectivity index (χ1v) is 3.10. The molecule has 0 aliphatic rings. The summed E-state index contributed by atoms with van der Waals surface area (Å²) in [5, 5.41) is 12.5. The molecule has 0 spiro atoms. The van der Waals surface area contributed by atoms with Gasteiger partial charge in [-0.1, -0.05) is 0 Å². The van der Waals surface area contributed by atoms with Crippen LogP contribution in [0.4, 0.5) is 0 Å². The van der Waals surface area contributed by atoms with Crippen molar-refractivity contribution < 1.29 is 0 Å². The van der Waals surface area contributed by atoms with Gasteiger partial charge >= 0.3 is 0 Å². The molecule has 10 heavy (non-hydrogen) atoms. The Morgan fingerprint density at radius 1 is 1.80 bits per heavy atom. The first-order chi connectivity index (χ1) is 4.74. The van der Waals surface area contributed by atoms with Gasteiger partial charge in [0.15, 0.2) is 0 Å². The minimum Gasteiger partial charge on any atom is -0.271 e. The monoisotopic (exact) mass is 135 g/mol. The molecule has 0 fully saturated rings. The summed E-state index contributed by atoms with van der Waals surface area (Å²) in [6.07, 6.45) is 0.442. The minimum atomic E-state index is 0.442. The fourth-order valence-electron chi connectivity index (χ4n) is 0.911. The van der Waals surface area contributed by atoms with Gasteiger partial charge < -0.3 is 0 Å². The van der Waals surface area contributed by atoms with Gasteiger partial charge in [-0.25, -0.2) is 0 Å². The fourth-order valence-corrected chi connectivity index (χ4v) is 0.911. The number of hydrogen-bond donors (Lipinski definition) is 0. The maximum atomic E-state index is 8.36.